The van der Waals surface area contributed by atoms with Crippen LogP contribution in [0.2, 0.25) is 0 Å². The summed E-state index contributed by atoms with van der Waals surface area (Å²) in [6, 6.07) is 0. The Labute approximate surface area is 297 Å². The second-order valence-corrected chi connectivity index (χ2v) is 19.5. The first-order valence-electron chi connectivity index (χ1n) is 20.8. The minimum absolute atomic E-state index is 0.144. The Morgan fingerprint density at radius 1 is 0.837 bits per heavy atom. The van der Waals surface area contributed by atoms with E-state index in [1.54, 1.807) is 0 Å². The first-order chi connectivity index (χ1) is 23.3. The van der Waals surface area contributed by atoms with Gasteiger partial charge in [0.1, 0.15) is 0 Å². The number of aliphatic hydroxyl groups excluding tert-OH is 1. The van der Waals surface area contributed by atoms with Gasteiger partial charge in [0.15, 0.2) is 6.29 Å². The van der Waals surface area contributed by atoms with Crippen LogP contribution in [0.4, 0.5) is 0 Å². The van der Waals surface area contributed by atoms with Crippen LogP contribution in [-0.2, 0) is 19.0 Å². The van der Waals surface area contributed by atoms with Crippen molar-refractivity contribution in [3.05, 3.63) is 0 Å². The molecule has 12 unspecified atom stereocenters. The van der Waals surface area contributed by atoms with Gasteiger partial charge < -0.3 is 29.5 Å². The molecule has 0 aromatic rings. The smallest absolute Gasteiger partial charge is 0.303 e. The summed E-state index contributed by atoms with van der Waals surface area (Å²) in [6.45, 7) is 15.3. The van der Waals surface area contributed by atoms with Crippen molar-refractivity contribution in [2.45, 2.75) is 168 Å². The van der Waals surface area contributed by atoms with Crippen LogP contribution in [0.25, 0.3) is 0 Å². The molecule has 7 nitrogen and oxygen atoms in total. The number of hydrogen-bond acceptors (Lipinski definition) is 6. The van der Waals surface area contributed by atoms with Crippen LogP contribution < -0.4 is 0 Å². The summed E-state index contributed by atoms with van der Waals surface area (Å²) in [4.78, 5) is 11.4. The molecule has 7 rings (SSSR count). The Kier molecular flexibility index (Phi) is 10.4. The second-order valence-electron chi connectivity index (χ2n) is 19.5. The van der Waals surface area contributed by atoms with Crippen LogP contribution in [0.3, 0.4) is 0 Å². The average molecular weight is 687 g/mol. The fourth-order valence-corrected chi connectivity index (χ4v) is 14.5. The highest BCUT2D eigenvalue weighted by Crippen LogP contribution is 2.69. The molecule has 280 valence electrons. The molecule has 0 bridgehead atoms. The quantitative estimate of drug-likeness (QED) is 0.211. The van der Waals surface area contributed by atoms with Crippen LogP contribution in [0.15, 0.2) is 0 Å². The summed E-state index contributed by atoms with van der Waals surface area (Å²) in [5, 5.41) is 32.6. The molecule has 0 aromatic carbocycles. The highest BCUT2D eigenvalue weighted by Gasteiger charge is 2.64. The Morgan fingerprint density at radius 3 is 2.31 bits per heavy atom. The van der Waals surface area contributed by atoms with Crippen LogP contribution in [-0.4, -0.2) is 64.7 Å². The molecule has 6 saturated carbocycles. The topological polar surface area (TPSA) is 105 Å². The van der Waals surface area contributed by atoms with Crippen molar-refractivity contribution in [3.8, 4) is 0 Å². The molecule has 1 saturated heterocycles. The maximum atomic E-state index is 12.4. The van der Waals surface area contributed by atoms with Gasteiger partial charge in [0.05, 0.1) is 37.1 Å². The molecule has 7 fully saturated rings. The number of carboxylic acid groups (broad SMARTS) is 1. The van der Waals surface area contributed by atoms with Crippen LogP contribution in [0.1, 0.15) is 138 Å². The molecule has 3 N–H and O–H groups in total. The molecule has 7 heteroatoms. The van der Waals surface area contributed by atoms with Crippen LogP contribution >= 0.6 is 0 Å². The van der Waals surface area contributed by atoms with Gasteiger partial charge in [0, 0.05) is 12.3 Å². The van der Waals surface area contributed by atoms with Gasteiger partial charge in [0.2, 0.25) is 0 Å². The number of aliphatic hydroxyl groups is 2. The van der Waals surface area contributed by atoms with Crippen LogP contribution in [0, 0.1) is 75.9 Å². The molecular weight excluding hydrogens is 616 g/mol. The third kappa shape index (κ3) is 6.27. The Hall–Kier alpha value is -0.730. The summed E-state index contributed by atoms with van der Waals surface area (Å²) in [6.07, 6.45) is 14.7. The van der Waals surface area contributed by atoms with Crippen molar-refractivity contribution in [2.24, 2.45) is 75.9 Å². The van der Waals surface area contributed by atoms with Crippen molar-refractivity contribution in [2.75, 3.05) is 13.2 Å². The van der Waals surface area contributed by atoms with Crippen molar-refractivity contribution in [3.63, 3.8) is 0 Å². The van der Waals surface area contributed by atoms with Crippen LogP contribution in [0.5, 0.6) is 0 Å². The van der Waals surface area contributed by atoms with Crippen molar-refractivity contribution in [1.82, 2.24) is 0 Å². The Balaban J connectivity index is 1.05. The normalized spacial score (nSPS) is 53.0. The molecule has 0 radical (unpaired) electrons. The summed E-state index contributed by atoms with van der Waals surface area (Å²) in [5.74, 6) is 4.24. The lowest BCUT2D eigenvalue weighted by molar-refractivity contribution is -0.324. The number of carboxylic acids is 1. The van der Waals surface area contributed by atoms with E-state index in [9.17, 15) is 20.1 Å². The average Bonchev–Trinajstić information content (AvgIpc) is 3.34. The second kappa shape index (κ2) is 13.9. The van der Waals surface area contributed by atoms with E-state index in [2.05, 4.69) is 41.5 Å². The van der Waals surface area contributed by atoms with Gasteiger partial charge in [-0.1, -0.05) is 48.0 Å². The molecule has 18 atom stereocenters. The first kappa shape index (κ1) is 36.6. The fraction of sp³-hybridized carbons (Fsp3) is 0.976. The maximum absolute atomic E-state index is 12.4. The zero-order valence-corrected chi connectivity index (χ0v) is 31.7. The lowest BCUT2D eigenvalue weighted by Crippen LogP contribution is -2.66. The van der Waals surface area contributed by atoms with Gasteiger partial charge in [-0.3, -0.25) is 4.79 Å². The highest BCUT2D eigenvalue weighted by atomic mass is 16.7. The third-order valence-corrected chi connectivity index (χ3v) is 17.2. The first-order valence-corrected chi connectivity index (χ1v) is 20.8. The highest BCUT2D eigenvalue weighted by molar-refractivity contribution is 5.66. The minimum Gasteiger partial charge on any atom is -0.481 e. The molecule has 0 amide bonds. The largest absolute Gasteiger partial charge is 0.481 e. The molecule has 49 heavy (non-hydrogen) atoms. The van der Waals surface area contributed by atoms with Gasteiger partial charge in [-0.15, -0.1) is 0 Å². The fourth-order valence-electron chi connectivity index (χ4n) is 14.5. The number of carbonyl (C=O) groups is 1. The van der Waals surface area contributed by atoms with Crippen molar-refractivity contribution < 1.29 is 34.3 Å². The van der Waals surface area contributed by atoms with Crippen molar-refractivity contribution >= 4 is 5.97 Å². The zero-order valence-electron chi connectivity index (χ0n) is 31.7. The van der Waals surface area contributed by atoms with Gasteiger partial charge >= 0.3 is 5.97 Å². The molecule has 1 heterocycles. The summed E-state index contributed by atoms with van der Waals surface area (Å²) >= 11 is 0. The van der Waals surface area contributed by atoms with E-state index in [1.165, 1.54) is 38.5 Å². The van der Waals surface area contributed by atoms with E-state index in [1.807, 2.05) is 0 Å². The van der Waals surface area contributed by atoms with E-state index in [0.717, 1.165) is 51.4 Å². The standard InChI is InChI=1S/C42H70O7/c1-24-7-10-31-26(3)8-11-32-27(4)39(49-36(21-24)42(31,32)46)48-20-19-47-35-23-28-22-29(43)15-17-40(28,5)34-16-18-41(6)30(12-13-33(41)38(34)35)25(2)9-14-37(44)45/h24-36,38-39,43,46H,7-23H2,1-6H3,(H,44,45)/t24?,25-,26-,27-,28?,29-,30?,31?,32?,33?,34?,35-,36?,38?,39?,40?,41-,42?/m1/s1. The predicted molar refractivity (Wildman–Crippen MR) is 190 cm³/mol. The van der Waals surface area contributed by atoms with E-state index in [4.69, 9.17) is 14.2 Å². The number of aliphatic carboxylic acids is 1. The SMILES string of the molecule is CC1CCC2[C@H](C)CCC3[C@@H](C)C(OCCO[C@@H]4CC5C[C@H](O)CCC5(C)C5CC[C@@]6(C)C(CCC6[C@H](C)CCC(=O)O)C54)OC(C1)C32O. The summed E-state index contributed by atoms with van der Waals surface area (Å²) < 4.78 is 20.4. The molecule has 1 aliphatic heterocycles. The predicted octanol–water partition coefficient (Wildman–Crippen LogP) is 8.09. The van der Waals surface area contributed by atoms with E-state index in [-0.39, 0.29) is 53.7 Å². The zero-order chi connectivity index (χ0) is 34.9. The molecular formula is C42H70O7. The monoisotopic (exact) mass is 687 g/mol. The Bertz CT molecular complexity index is 1180. The van der Waals surface area contributed by atoms with E-state index in [0.29, 0.717) is 66.5 Å². The van der Waals surface area contributed by atoms with E-state index >= 15 is 0 Å². The van der Waals surface area contributed by atoms with E-state index < -0.39 is 11.6 Å². The van der Waals surface area contributed by atoms with Gasteiger partial charge in [-0.25, -0.2) is 0 Å². The molecule has 7 aliphatic rings. The Morgan fingerprint density at radius 2 is 1.53 bits per heavy atom. The number of ether oxygens (including phenoxy) is 3. The molecule has 6 aliphatic carbocycles. The van der Waals surface area contributed by atoms with Gasteiger partial charge in [-0.05, 0) is 153 Å². The lowest BCUT2D eigenvalue weighted by Gasteiger charge is -2.63. The molecule has 0 spiro atoms. The molecule has 0 aromatic heterocycles. The minimum atomic E-state index is -0.746. The number of fused-ring (bicyclic) bond motifs is 5. The lowest BCUT2D eigenvalue weighted by atomic mass is 9.43. The van der Waals surface area contributed by atoms with Crippen molar-refractivity contribution in [1.29, 1.82) is 0 Å². The number of hydrogen-bond donors (Lipinski definition) is 3. The summed E-state index contributed by atoms with van der Waals surface area (Å²) in [5.41, 5.74) is -0.270. The number of rotatable bonds is 9. The summed E-state index contributed by atoms with van der Waals surface area (Å²) in [7, 11) is 0. The van der Waals surface area contributed by atoms with Gasteiger partial charge in [0.25, 0.3) is 0 Å². The maximum Gasteiger partial charge on any atom is 0.303 e. The third-order valence-electron chi connectivity index (χ3n) is 17.2. The van der Waals surface area contributed by atoms with Gasteiger partial charge in [-0.2, -0.15) is 0 Å².